The highest BCUT2D eigenvalue weighted by Crippen LogP contribution is 2.32. The molecular formula is C8H7ClF2N2O3. The first-order chi connectivity index (χ1) is 7.51. The molecule has 8 heteroatoms. The van der Waals surface area contributed by atoms with Gasteiger partial charge in [0.1, 0.15) is 0 Å². The summed E-state index contributed by atoms with van der Waals surface area (Å²) in [5.41, 5.74) is -0.679. The van der Waals surface area contributed by atoms with E-state index in [0.29, 0.717) is 0 Å². The van der Waals surface area contributed by atoms with E-state index in [9.17, 15) is 18.9 Å². The summed E-state index contributed by atoms with van der Waals surface area (Å²) in [4.78, 5) is 13.2. The van der Waals surface area contributed by atoms with E-state index in [1.165, 1.54) is 0 Å². The van der Waals surface area contributed by atoms with Crippen LogP contribution in [0.1, 0.15) is 17.7 Å². The van der Waals surface area contributed by atoms with Crippen molar-refractivity contribution in [1.29, 1.82) is 0 Å². The van der Waals surface area contributed by atoms with Crippen LogP contribution in [-0.2, 0) is 5.88 Å². The van der Waals surface area contributed by atoms with E-state index >= 15 is 0 Å². The fourth-order valence-electron chi connectivity index (χ4n) is 1.11. The summed E-state index contributed by atoms with van der Waals surface area (Å²) >= 11 is 5.39. The smallest absolute Gasteiger partial charge is 0.406 e. The molecular weight excluding hydrogens is 246 g/mol. The average Bonchev–Trinajstić information content (AvgIpc) is 2.26. The third kappa shape index (κ3) is 2.35. The minimum Gasteiger partial charge on any atom is -0.489 e. The molecule has 0 aliphatic carbocycles. The second kappa shape index (κ2) is 5.02. The predicted octanol–water partition coefficient (Wildman–Crippen LogP) is 2.67. The van der Waals surface area contributed by atoms with Gasteiger partial charge < -0.3 is 14.9 Å². The molecule has 1 heterocycles. The maximum absolute atomic E-state index is 12.5. The van der Waals surface area contributed by atoms with Crippen LogP contribution in [0.15, 0.2) is 6.07 Å². The highest BCUT2D eigenvalue weighted by Gasteiger charge is 2.26. The average molecular weight is 253 g/mol. The first-order valence-electron chi connectivity index (χ1n) is 4.07. The number of methoxy groups -OCH3 is 1. The number of nitrogens with zero attached hydrogens (tertiary/aromatic N) is 2. The summed E-state index contributed by atoms with van der Waals surface area (Å²) in [5, 5.41) is 10.6. The van der Waals surface area contributed by atoms with Gasteiger partial charge in [0.2, 0.25) is 5.75 Å². The molecule has 0 aromatic carbocycles. The maximum atomic E-state index is 12.5. The predicted molar refractivity (Wildman–Crippen MR) is 52.0 cm³/mol. The topological polar surface area (TPSA) is 65.3 Å². The molecule has 1 aromatic rings. The maximum Gasteiger partial charge on any atom is 0.406 e. The summed E-state index contributed by atoms with van der Waals surface area (Å²) < 4.78 is 29.7. The van der Waals surface area contributed by atoms with Gasteiger partial charge in [-0.2, -0.15) is 0 Å². The lowest BCUT2D eigenvalue weighted by atomic mass is 10.2. The number of ether oxygens (including phenoxy) is 1. The molecule has 0 radical (unpaired) electrons. The van der Waals surface area contributed by atoms with Crippen LogP contribution in [0.2, 0.25) is 0 Å². The summed E-state index contributed by atoms with van der Waals surface area (Å²) in [6.45, 7) is 0. The van der Waals surface area contributed by atoms with Crippen molar-refractivity contribution in [2.24, 2.45) is 0 Å². The van der Waals surface area contributed by atoms with E-state index in [4.69, 9.17) is 11.6 Å². The summed E-state index contributed by atoms with van der Waals surface area (Å²) in [6, 6.07) is 0.882. The van der Waals surface area contributed by atoms with E-state index in [2.05, 4.69) is 9.72 Å². The van der Waals surface area contributed by atoms with Crippen LogP contribution in [0.4, 0.5) is 14.6 Å². The van der Waals surface area contributed by atoms with Crippen LogP contribution in [-0.4, -0.2) is 17.0 Å². The second-order valence-electron chi connectivity index (χ2n) is 2.74. The van der Waals surface area contributed by atoms with E-state index in [0.717, 1.165) is 13.2 Å². The van der Waals surface area contributed by atoms with E-state index < -0.39 is 22.7 Å². The molecule has 0 aliphatic heterocycles. The van der Waals surface area contributed by atoms with Gasteiger partial charge in [0.05, 0.1) is 18.6 Å². The van der Waals surface area contributed by atoms with Gasteiger partial charge in [0.25, 0.3) is 6.43 Å². The highest BCUT2D eigenvalue weighted by molar-refractivity contribution is 6.17. The standard InChI is InChI=1S/C8H7ClF2N2O3/c1-16-6-2-4(7(10)11)5(3-9)12-8(6)13(14)15/h2,7H,3H2,1H3. The summed E-state index contributed by atoms with van der Waals surface area (Å²) in [7, 11) is 1.14. The second-order valence-corrected chi connectivity index (χ2v) is 3.01. The van der Waals surface area contributed by atoms with E-state index in [1.807, 2.05) is 0 Å². The van der Waals surface area contributed by atoms with Crippen molar-refractivity contribution in [1.82, 2.24) is 4.98 Å². The number of rotatable bonds is 4. The van der Waals surface area contributed by atoms with Crippen molar-refractivity contribution in [2.45, 2.75) is 12.3 Å². The van der Waals surface area contributed by atoms with Gasteiger partial charge >= 0.3 is 5.82 Å². The molecule has 0 saturated heterocycles. The first-order valence-corrected chi connectivity index (χ1v) is 4.61. The van der Waals surface area contributed by atoms with E-state index in [1.54, 1.807) is 0 Å². The van der Waals surface area contributed by atoms with Gasteiger partial charge in [-0.3, -0.25) is 0 Å². The fraction of sp³-hybridized carbons (Fsp3) is 0.375. The Balaban J connectivity index is 3.40. The van der Waals surface area contributed by atoms with Crippen LogP contribution in [0.3, 0.4) is 0 Å². The Morgan fingerprint density at radius 2 is 2.31 bits per heavy atom. The molecule has 0 bridgehead atoms. The lowest BCUT2D eigenvalue weighted by Crippen LogP contribution is -2.03. The molecule has 16 heavy (non-hydrogen) atoms. The van der Waals surface area contributed by atoms with Crippen LogP contribution < -0.4 is 4.74 Å². The normalized spacial score (nSPS) is 10.6. The number of aromatic nitrogens is 1. The van der Waals surface area contributed by atoms with Crippen molar-refractivity contribution < 1.29 is 18.4 Å². The van der Waals surface area contributed by atoms with Crippen molar-refractivity contribution in [3.63, 3.8) is 0 Å². The molecule has 1 aromatic heterocycles. The molecule has 0 fully saturated rings. The lowest BCUT2D eigenvalue weighted by molar-refractivity contribution is -0.390. The van der Waals surface area contributed by atoms with Crippen molar-refractivity contribution in [2.75, 3.05) is 7.11 Å². The van der Waals surface area contributed by atoms with Crippen molar-refractivity contribution in [3.8, 4) is 5.75 Å². The Labute approximate surface area is 94.1 Å². The minimum absolute atomic E-state index is 0.218. The molecule has 88 valence electrons. The van der Waals surface area contributed by atoms with Crippen LogP contribution in [0.25, 0.3) is 0 Å². The quantitative estimate of drug-likeness (QED) is 0.469. The van der Waals surface area contributed by atoms with E-state index in [-0.39, 0.29) is 17.3 Å². The Hall–Kier alpha value is -1.50. The Morgan fingerprint density at radius 3 is 2.69 bits per heavy atom. The SMILES string of the molecule is COc1cc(C(F)F)c(CCl)nc1[N+](=O)[O-]. The number of hydrogen-bond acceptors (Lipinski definition) is 4. The third-order valence-electron chi connectivity index (χ3n) is 1.84. The lowest BCUT2D eigenvalue weighted by Gasteiger charge is -2.06. The molecule has 1 rings (SSSR count). The third-order valence-corrected chi connectivity index (χ3v) is 2.09. The van der Waals surface area contributed by atoms with Crippen LogP contribution in [0, 0.1) is 10.1 Å². The zero-order chi connectivity index (χ0) is 12.3. The molecule has 5 nitrogen and oxygen atoms in total. The van der Waals surface area contributed by atoms with Crippen LogP contribution >= 0.6 is 11.6 Å². The fourth-order valence-corrected chi connectivity index (χ4v) is 1.33. The van der Waals surface area contributed by atoms with Gasteiger partial charge in [-0.1, -0.05) is 0 Å². The monoisotopic (exact) mass is 252 g/mol. The molecule has 0 aliphatic rings. The molecule has 0 N–H and O–H groups in total. The van der Waals surface area contributed by atoms with Gasteiger partial charge in [-0.15, -0.1) is 11.6 Å². The molecule has 0 saturated carbocycles. The zero-order valence-electron chi connectivity index (χ0n) is 8.11. The zero-order valence-corrected chi connectivity index (χ0v) is 8.87. The Kier molecular flexibility index (Phi) is 3.94. The summed E-state index contributed by atoms with van der Waals surface area (Å²) in [6.07, 6.45) is -2.81. The number of halogens is 3. The molecule has 0 unspecified atom stereocenters. The highest BCUT2D eigenvalue weighted by atomic mass is 35.5. The van der Waals surface area contributed by atoms with Gasteiger partial charge in [0, 0.05) is 6.07 Å². The number of alkyl halides is 3. The van der Waals surface area contributed by atoms with Crippen molar-refractivity contribution in [3.05, 3.63) is 27.4 Å². The number of hydrogen-bond donors (Lipinski definition) is 0. The van der Waals surface area contributed by atoms with Gasteiger partial charge in [-0.05, 0) is 9.91 Å². The summed E-state index contributed by atoms with van der Waals surface area (Å²) in [5.74, 6) is -1.26. The Morgan fingerprint density at radius 1 is 1.69 bits per heavy atom. The molecule has 0 atom stereocenters. The number of pyridine rings is 1. The van der Waals surface area contributed by atoms with Crippen molar-refractivity contribution >= 4 is 17.4 Å². The largest absolute Gasteiger partial charge is 0.489 e. The van der Waals surface area contributed by atoms with Crippen LogP contribution in [0.5, 0.6) is 5.75 Å². The van der Waals surface area contributed by atoms with Gasteiger partial charge in [-0.25, -0.2) is 8.78 Å². The first kappa shape index (κ1) is 12.6. The Bertz CT molecular complexity index is 415. The number of nitro groups is 1. The van der Waals surface area contributed by atoms with Gasteiger partial charge in [0.15, 0.2) is 5.69 Å². The molecule has 0 amide bonds. The minimum atomic E-state index is -2.81. The molecule has 0 spiro atoms.